The van der Waals surface area contributed by atoms with Crippen LogP contribution < -0.4 is 0 Å². The number of benzene rings is 1. The standard InChI is InChI=1S/C7H5IO2.K.H3P.H/c8-6-4-2-1-3-5(6)7(9)10;;;/h1-4H,(H,9,10);;1H3;. The van der Waals surface area contributed by atoms with E-state index in [-0.39, 0.29) is 61.3 Å². The fourth-order valence-corrected chi connectivity index (χ4v) is 1.25. The number of hydrogen-bond acceptors (Lipinski definition) is 1. The van der Waals surface area contributed by atoms with Gasteiger partial charge in [-0.05, 0) is 34.7 Å². The Bertz CT molecular complexity index is 267. The van der Waals surface area contributed by atoms with Crippen molar-refractivity contribution in [2.75, 3.05) is 0 Å². The van der Waals surface area contributed by atoms with Crippen LogP contribution in [0.3, 0.4) is 0 Å². The van der Waals surface area contributed by atoms with Crippen LogP contribution >= 0.6 is 32.5 Å². The molecule has 2 nitrogen and oxygen atoms in total. The van der Waals surface area contributed by atoms with Gasteiger partial charge in [-0.15, -0.1) is 0 Å². The van der Waals surface area contributed by atoms with Gasteiger partial charge in [-0.25, -0.2) is 4.79 Å². The van der Waals surface area contributed by atoms with Crippen LogP contribution in [0.25, 0.3) is 0 Å². The van der Waals surface area contributed by atoms with Gasteiger partial charge in [0.15, 0.2) is 0 Å². The summed E-state index contributed by atoms with van der Waals surface area (Å²) in [7, 11) is 0. The first-order chi connectivity index (χ1) is 4.72. The van der Waals surface area contributed by atoms with Crippen LogP contribution in [0, 0.1) is 3.57 Å². The Labute approximate surface area is 131 Å². The van der Waals surface area contributed by atoms with Crippen molar-refractivity contribution in [2.45, 2.75) is 0 Å². The third-order valence-corrected chi connectivity index (χ3v) is 2.04. The van der Waals surface area contributed by atoms with Gasteiger partial charge < -0.3 is 5.11 Å². The second-order valence-corrected chi connectivity index (χ2v) is 2.95. The van der Waals surface area contributed by atoms with E-state index in [0.29, 0.717) is 5.56 Å². The molecular formula is C7H9IKO2P. The second kappa shape index (κ2) is 7.85. The molecule has 1 N–H and O–H groups in total. The van der Waals surface area contributed by atoms with Gasteiger partial charge >= 0.3 is 57.4 Å². The molecule has 0 aliphatic rings. The molecule has 0 heterocycles. The monoisotopic (exact) mass is 322 g/mol. The number of carboxylic acid groups (broad SMARTS) is 1. The summed E-state index contributed by atoms with van der Waals surface area (Å²) in [5.41, 5.74) is 0.364. The second-order valence-electron chi connectivity index (χ2n) is 1.78. The zero-order valence-electron chi connectivity index (χ0n) is 5.75. The molecule has 0 spiro atoms. The van der Waals surface area contributed by atoms with Crippen molar-refractivity contribution < 1.29 is 9.90 Å². The molecule has 0 radical (unpaired) electrons. The van der Waals surface area contributed by atoms with E-state index >= 15 is 0 Å². The van der Waals surface area contributed by atoms with E-state index in [9.17, 15) is 4.79 Å². The maximum absolute atomic E-state index is 10.4. The maximum atomic E-state index is 10.4. The number of carboxylic acids is 1. The van der Waals surface area contributed by atoms with Crippen LogP contribution in [0.2, 0.25) is 0 Å². The summed E-state index contributed by atoms with van der Waals surface area (Å²) >= 11 is 1.99. The van der Waals surface area contributed by atoms with Crippen molar-refractivity contribution in [3.8, 4) is 0 Å². The normalized spacial score (nSPS) is 7.75. The molecule has 0 saturated carbocycles. The van der Waals surface area contributed by atoms with Crippen molar-refractivity contribution in [1.29, 1.82) is 0 Å². The summed E-state index contributed by atoms with van der Waals surface area (Å²) in [4.78, 5) is 10.4. The van der Waals surface area contributed by atoms with Gasteiger partial charge in [0.05, 0.1) is 5.56 Å². The Kier molecular flexibility index (Phi) is 10.4. The van der Waals surface area contributed by atoms with Gasteiger partial charge in [0.25, 0.3) is 0 Å². The number of hydrogen-bond donors (Lipinski definition) is 1. The zero-order chi connectivity index (χ0) is 7.56. The Morgan fingerprint density at radius 3 is 2.17 bits per heavy atom. The van der Waals surface area contributed by atoms with Crippen LogP contribution in [0.1, 0.15) is 10.4 Å². The summed E-state index contributed by atoms with van der Waals surface area (Å²) in [5.74, 6) is -0.870. The van der Waals surface area contributed by atoms with Gasteiger partial charge in [-0.3, -0.25) is 0 Å². The summed E-state index contributed by atoms with van der Waals surface area (Å²) in [6.07, 6.45) is 0. The van der Waals surface area contributed by atoms with E-state index < -0.39 is 5.97 Å². The molecule has 0 aliphatic carbocycles. The third-order valence-electron chi connectivity index (χ3n) is 1.10. The molecule has 62 valence electrons. The Hall–Kier alpha value is 1.49. The fraction of sp³-hybridized carbons (Fsp3) is 0. The molecule has 0 fully saturated rings. The van der Waals surface area contributed by atoms with E-state index in [4.69, 9.17) is 5.11 Å². The third kappa shape index (κ3) is 4.65. The quantitative estimate of drug-likeness (QED) is 0.482. The van der Waals surface area contributed by atoms with Gasteiger partial charge in [0.2, 0.25) is 0 Å². The van der Waals surface area contributed by atoms with E-state index in [0.717, 1.165) is 3.57 Å². The van der Waals surface area contributed by atoms with Crippen molar-refractivity contribution in [3.05, 3.63) is 33.4 Å². The number of halogens is 1. The summed E-state index contributed by atoms with van der Waals surface area (Å²) in [6, 6.07) is 6.88. The molecule has 0 saturated heterocycles. The van der Waals surface area contributed by atoms with Gasteiger partial charge in [-0.1, -0.05) is 12.1 Å². The summed E-state index contributed by atoms with van der Waals surface area (Å²) in [5, 5.41) is 8.56. The number of aromatic carboxylic acids is 1. The van der Waals surface area contributed by atoms with E-state index in [1.54, 1.807) is 18.2 Å². The Morgan fingerprint density at radius 1 is 1.33 bits per heavy atom. The molecule has 5 heteroatoms. The minimum atomic E-state index is -0.870. The first-order valence-corrected chi connectivity index (χ1v) is 3.77. The van der Waals surface area contributed by atoms with Crippen molar-refractivity contribution in [2.24, 2.45) is 0 Å². The predicted octanol–water partition coefficient (Wildman–Crippen LogP) is 1.40. The number of rotatable bonds is 1. The van der Waals surface area contributed by atoms with Gasteiger partial charge in [0.1, 0.15) is 0 Å². The van der Waals surface area contributed by atoms with Crippen molar-refractivity contribution in [3.63, 3.8) is 0 Å². The van der Waals surface area contributed by atoms with Crippen LogP contribution in [0.5, 0.6) is 0 Å². The van der Waals surface area contributed by atoms with E-state index in [2.05, 4.69) is 0 Å². The zero-order valence-corrected chi connectivity index (χ0v) is 9.32. The molecule has 1 rings (SSSR count). The van der Waals surface area contributed by atoms with Crippen LogP contribution in [-0.2, 0) is 0 Å². The van der Waals surface area contributed by atoms with Crippen LogP contribution in [-0.4, -0.2) is 62.5 Å². The summed E-state index contributed by atoms with van der Waals surface area (Å²) < 4.78 is 0.771. The first kappa shape index (κ1) is 15.9. The van der Waals surface area contributed by atoms with Crippen LogP contribution in [0.4, 0.5) is 0 Å². The summed E-state index contributed by atoms with van der Waals surface area (Å²) in [6.45, 7) is 0. The van der Waals surface area contributed by atoms with E-state index in [1.807, 2.05) is 28.7 Å². The minimum absolute atomic E-state index is 0. The molecule has 0 bridgehead atoms. The molecule has 1 unspecified atom stereocenters. The van der Waals surface area contributed by atoms with Crippen molar-refractivity contribution in [1.82, 2.24) is 0 Å². The Balaban J connectivity index is 0. The first-order valence-electron chi connectivity index (χ1n) is 2.69. The predicted molar refractivity (Wildman–Crippen MR) is 64.4 cm³/mol. The molecule has 12 heavy (non-hydrogen) atoms. The molecule has 1 aromatic rings. The van der Waals surface area contributed by atoms with Crippen LogP contribution in [0.15, 0.2) is 24.3 Å². The number of carbonyl (C=O) groups is 1. The fourth-order valence-electron chi connectivity index (χ4n) is 0.635. The molecule has 1 aromatic carbocycles. The molecule has 0 amide bonds. The molecule has 1 atom stereocenters. The molecular weight excluding hydrogens is 313 g/mol. The van der Waals surface area contributed by atoms with Gasteiger partial charge in [-0.2, -0.15) is 9.90 Å². The Morgan fingerprint density at radius 2 is 1.83 bits per heavy atom. The topological polar surface area (TPSA) is 37.3 Å². The molecule has 0 aromatic heterocycles. The molecule has 0 aliphatic heterocycles. The van der Waals surface area contributed by atoms with Crippen molar-refractivity contribution >= 4 is 89.8 Å². The SMILES string of the molecule is O=C(O)c1ccccc1I.P.[KH]. The average Bonchev–Trinajstić information content (AvgIpc) is 1.88. The van der Waals surface area contributed by atoms with Gasteiger partial charge in [0, 0.05) is 3.57 Å². The van der Waals surface area contributed by atoms with E-state index in [1.165, 1.54) is 0 Å². The average molecular weight is 322 g/mol.